The summed E-state index contributed by atoms with van der Waals surface area (Å²) in [5.41, 5.74) is 3.46. The van der Waals surface area contributed by atoms with Crippen LogP contribution in [-0.2, 0) is 10.1 Å². The van der Waals surface area contributed by atoms with Gasteiger partial charge < -0.3 is 0 Å². The minimum atomic E-state index is -4.20. The van der Waals surface area contributed by atoms with Crippen LogP contribution in [-0.4, -0.2) is 19.2 Å². The zero-order valence-electron chi connectivity index (χ0n) is 11.2. The van der Waals surface area contributed by atoms with Crippen molar-refractivity contribution in [2.24, 2.45) is 5.10 Å². The fourth-order valence-corrected chi connectivity index (χ4v) is 1.94. The summed E-state index contributed by atoms with van der Waals surface area (Å²) in [4.78, 5) is -0.207. The van der Waals surface area contributed by atoms with E-state index in [-0.39, 0.29) is 62.1 Å². The summed E-state index contributed by atoms with van der Waals surface area (Å²) < 4.78 is 43.8. The van der Waals surface area contributed by atoms with Crippen molar-refractivity contribution in [3.05, 3.63) is 59.9 Å². The molecule has 0 saturated heterocycles. The van der Waals surface area contributed by atoms with Crippen LogP contribution in [0.15, 0.2) is 58.5 Å². The minimum absolute atomic E-state index is 0. The molecule has 21 heavy (non-hydrogen) atoms. The Morgan fingerprint density at radius 2 is 1.71 bits per heavy atom. The van der Waals surface area contributed by atoms with E-state index in [4.69, 9.17) is 4.55 Å². The number of rotatable bonds is 4. The number of anilines is 1. The molecular formula is C13H11FKN2O3S+. The van der Waals surface area contributed by atoms with Crippen LogP contribution >= 0.6 is 0 Å². The smallest absolute Gasteiger partial charge is 0.282 e. The molecule has 8 heteroatoms. The summed E-state index contributed by atoms with van der Waals surface area (Å²) in [5.74, 6) is -0.389. The quantitative estimate of drug-likeness (QED) is 0.343. The standard InChI is InChI=1S/C13H11FN2O3S.K/c14-13-4-2-1-3-10(13)9-15-16-11-5-7-12(8-6-11)20(17,18)19;/h1-9,16H,(H,17,18,19);/q;+1/b15-9+;. The molecule has 2 aromatic carbocycles. The average Bonchev–Trinajstić information content (AvgIpc) is 2.40. The third-order valence-corrected chi connectivity index (χ3v) is 3.32. The van der Waals surface area contributed by atoms with Gasteiger partial charge in [-0.15, -0.1) is 0 Å². The molecule has 0 radical (unpaired) electrons. The number of benzene rings is 2. The Balaban J connectivity index is 0.00000220. The average molecular weight is 333 g/mol. The van der Waals surface area contributed by atoms with E-state index < -0.39 is 10.1 Å². The maximum atomic E-state index is 13.3. The Morgan fingerprint density at radius 3 is 2.29 bits per heavy atom. The van der Waals surface area contributed by atoms with Gasteiger partial charge in [0.1, 0.15) is 5.82 Å². The Bertz CT molecular complexity index is 733. The van der Waals surface area contributed by atoms with E-state index in [2.05, 4.69) is 10.5 Å². The van der Waals surface area contributed by atoms with E-state index in [1.165, 1.54) is 36.5 Å². The zero-order chi connectivity index (χ0) is 14.6. The first-order valence-corrected chi connectivity index (χ1v) is 7.02. The van der Waals surface area contributed by atoms with Gasteiger partial charge in [-0.3, -0.25) is 9.98 Å². The Morgan fingerprint density at radius 1 is 1.10 bits per heavy atom. The maximum Gasteiger partial charge on any atom is 1.00 e. The topological polar surface area (TPSA) is 78.8 Å². The molecule has 0 amide bonds. The van der Waals surface area contributed by atoms with E-state index in [9.17, 15) is 12.8 Å². The minimum Gasteiger partial charge on any atom is -0.282 e. The molecular weight excluding hydrogens is 322 g/mol. The van der Waals surface area contributed by atoms with Gasteiger partial charge in [0.25, 0.3) is 10.1 Å². The molecule has 0 atom stereocenters. The van der Waals surface area contributed by atoms with Crippen molar-refractivity contribution in [3.63, 3.8) is 0 Å². The van der Waals surface area contributed by atoms with Gasteiger partial charge in [0, 0.05) is 5.56 Å². The number of halogens is 1. The summed E-state index contributed by atoms with van der Waals surface area (Å²) in [5, 5.41) is 3.84. The van der Waals surface area contributed by atoms with Gasteiger partial charge in [-0.25, -0.2) is 4.39 Å². The maximum absolute atomic E-state index is 13.3. The molecule has 2 aromatic rings. The van der Waals surface area contributed by atoms with Gasteiger partial charge in [-0.2, -0.15) is 13.5 Å². The first-order chi connectivity index (χ1) is 9.47. The number of hydrogen-bond donors (Lipinski definition) is 2. The van der Waals surface area contributed by atoms with Crippen LogP contribution in [0.25, 0.3) is 0 Å². The molecule has 104 valence electrons. The molecule has 2 rings (SSSR count). The number of hydrogen-bond acceptors (Lipinski definition) is 4. The van der Waals surface area contributed by atoms with Crippen LogP contribution in [0.5, 0.6) is 0 Å². The van der Waals surface area contributed by atoms with Crippen LogP contribution in [0.1, 0.15) is 5.56 Å². The number of hydrazone groups is 1. The molecule has 5 nitrogen and oxygen atoms in total. The Labute approximate surface area is 164 Å². The molecule has 0 saturated carbocycles. The van der Waals surface area contributed by atoms with Gasteiger partial charge in [0.2, 0.25) is 0 Å². The molecule has 0 spiro atoms. The SMILES string of the molecule is O=S(=O)(O)c1ccc(N/N=C/c2ccccc2F)cc1.[K+]. The molecule has 0 aliphatic carbocycles. The van der Waals surface area contributed by atoms with Gasteiger partial charge in [-0.1, -0.05) is 18.2 Å². The third kappa shape index (κ3) is 5.59. The summed E-state index contributed by atoms with van der Waals surface area (Å²) in [7, 11) is -4.20. The van der Waals surface area contributed by atoms with E-state index in [1.54, 1.807) is 18.2 Å². The Hall–Kier alpha value is -0.614. The first kappa shape index (κ1) is 18.4. The Kier molecular flexibility index (Phi) is 7.14. The fraction of sp³-hybridized carbons (Fsp3) is 0. The molecule has 0 aromatic heterocycles. The molecule has 2 N–H and O–H groups in total. The van der Waals surface area contributed by atoms with Crippen molar-refractivity contribution in [2.45, 2.75) is 4.90 Å². The third-order valence-electron chi connectivity index (χ3n) is 2.45. The molecule has 0 aliphatic heterocycles. The van der Waals surface area contributed by atoms with Crippen molar-refractivity contribution in [1.29, 1.82) is 0 Å². The summed E-state index contributed by atoms with van der Waals surface area (Å²) in [6.07, 6.45) is 1.31. The molecule has 0 heterocycles. The predicted molar refractivity (Wildman–Crippen MR) is 73.9 cm³/mol. The fourth-order valence-electron chi connectivity index (χ4n) is 1.46. The van der Waals surface area contributed by atoms with Crippen molar-refractivity contribution < 1.29 is 68.7 Å². The van der Waals surface area contributed by atoms with E-state index in [1.807, 2.05) is 0 Å². The largest absolute Gasteiger partial charge is 1.00 e. The number of nitrogens with one attached hydrogen (secondary N) is 1. The van der Waals surface area contributed by atoms with Crippen molar-refractivity contribution in [3.8, 4) is 0 Å². The van der Waals surface area contributed by atoms with E-state index in [0.717, 1.165) is 0 Å². The molecule has 0 aliphatic rings. The molecule has 0 unspecified atom stereocenters. The second-order valence-electron chi connectivity index (χ2n) is 3.89. The van der Waals surface area contributed by atoms with E-state index in [0.29, 0.717) is 11.3 Å². The summed E-state index contributed by atoms with van der Waals surface area (Å²) in [6, 6.07) is 11.5. The van der Waals surface area contributed by atoms with Gasteiger partial charge in [0.15, 0.2) is 0 Å². The van der Waals surface area contributed by atoms with Crippen LogP contribution in [0.3, 0.4) is 0 Å². The van der Waals surface area contributed by atoms with Gasteiger partial charge in [-0.05, 0) is 30.3 Å². The summed E-state index contributed by atoms with van der Waals surface area (Å²) in [6.45, 7) is 0. The second kappa shape index (κ2) is 8.13. The van der Waals surface area contributed by atoms with Gasteiger partial charge >= 0.3 is 51.4 Å². The molecule has 0 fully saturated rings. The van der Waals surface area contributed by atoms with Crippen molar-refractivity contribution in [1.82, 2.24) is 0 Å². The monoisotopic (exact) mass is 333 g/mol. The summed E-state index contributed by atoms with van der Waals surface area (Å²) >= 11 is 0. The van der Waals surface area contributed by atoms with Crippen LogP contribution < -0.4 is 56.8 Å². The second-order valence-corrected chi connectivity index (χ2v) is 5.31. The van der Waals surface area contributed by atoms with Crippen LogP contribution in [0.4, 0.5) is 10.1 Å². The van der Waals surface area contributed by atoms with Gasteiger partial charge in [0.05, 0.1) is 16.8 Å². The first-order valence-electron chi connectivity index (χ1n) is 5.58. The van der Waals surface area contributed by atoms with Crippen molar-refractivity contribution >= 4 is 22.0 Å². The van der Waals surface area contributed by atoms with Crippen molar-refractivity contribution in [2.75, 3.05) is 5.43 Å². The predicted octanol–water partition coefficient (Wildman–Crippen LogP) is -0.478. The van der Waals surface area contributed by atoms with Crippen LogP contribution in [0.2, 0.25) is 0 Å². The molecule has 0 bridgehead atoms. The normalized spacial score (nSPS) is 11.1. The zero-order valence-corrected chi connectivity index (χ0v) is 15.1. The number of nitrogens with zero attached hydrogens (tertiary/aromatic N) is 1. The van der Waals surface area contributed by atoms with E-state index >= 15 is 0 Å². The van der Waals surface area contributed by atoms with Crippen LogP contribution in [0, 0.1) is 5.82 Å².